The van der Waals surface area contributed by atoms with Crippen LogP contribution >= 0.6 is 23.4 Å². The maximum Gasteiger partial charge on any atom is 0.0999 e. The molecule has 0 radical (unpaired) electrons. The number of fused-ring (bicyclic) bond motifs is 1. The van der Waals surface area contributed by atoms with Crippen molar-refractivity contribution in [1.82, 2.24) is 0 Å². The van der Waals surface area contributed by atoms with Gasteiger partial charge in [0.05, 0.1) is 16.1 Å². The third-order valence-electron chi connectivity index (χ3n) is 3.45. The summed E-state index contributed by atoms with van der Waals surface area (Å²) in [6.07, 6.45) is 3.29. The Morgan fingerprint density at radius 1 is 1.29 bits per heavy atom. The van der Waals surface area contributed by atoms with Crippen molar-refractivity contribution >= 4 is 28.4 Å². The first kappa shape index (κ1) is 11.6. The Hall–Kier alpha value is -0.510. The molecule has 0 bridgehead atoms. The van der Waals surface area contributed by atoms with Gasteiger partial charge in [-0.15, -0.1) is 11.8 Å². The van der Waals surface area contributed by atoms with Crippen LogP contribution in [0.3, 0.4) is 0 Å². The lowest BCUT2D eigenvalue weighted by molar-refractivity contribution is 0.412. The molecule has 1 fully saturated rings. The summed E-state index contributed by atoms with van der Waals surface area (Å²) in [4.78, 5) is 4.82. The Kier molecular flexibility index (Phi) is 3.16. The third-order valence-corrected chi connectivity index (χ3v) is 5.14. The molecule has 17 heavy (non-hydrogen) atoms. The predicted molar refractivity (Wildman–Crippen MR) is 75.0 cm³/mol. The maximum atomic E-state index is 6.21. The molecule has 2 nitrogen and oxygen atoms in total. The van der Waals surface area contributed by atoms with E-state index in [9.17, 15) is 0 Å². The molecule has 1 aliphatic heterocycles. The third kappa shape index (κ3) is 2.24. The number of halogens is 1. The number of benzene rings is 1. The summed E-state index contributed by atoms with van der Waals surface area (Å²) < 4.78 is 0. The van der Waals surface area contributed by atoms with Crippen molar-refractivity contribution in [3.63, 3.8) is 0 Å². The lowest BCUT2D eigenvalue weighted by Crippen LogP contribution is -2.35. The molecule has 0 aromatic heterocycles. The van der Waals surface area contributed by atoms with Gasteiger partial charge in [0.15, 0.2) is 0 Å². The van der Waals surface area contributed by atoms with E-state index in [0.717, 1.165) is 34.9 Å². The number of nitrogens with two attached hydrogens (primary N) is 1. The van der Waals surface area contributed by atoms with Gasteiger partial charge in [-0.25, -0.2) is 0 Å². The lowest BCUT2D eigenvalue weighted by Gasteiger charge is -2.27. The average molecular weight is 267 g/mol. The summed E-state index contributed by atoms with van der Waals surface area (Å²) >= 11 is 8.06. The van der Waals surface area contributed by atoms with Crippen molar-refractivity contribution in [1.29, 1.82) is 0 Å². The molecule has 2 aliphatic rings. The molecule has 0 saturated heterocycles. The van der Waals surface area contributed by atoms with Crippen LogP contribution in [0.1, 0.15) is 24.8 Å². The molecule has 2 N–H and O–H groups in total. The summed E-state index contributed by atoms with van der Waals surface area (Å²) in [7, 11) is 0. The van der Waals surface area contributed by atoms with E-state index >= 15 is 0 Å². The van der Waals surface area contributed by atoms with Crippen molar-refractivity contribution < 1.29 is 0 Å². The fraction of sp³-hybridized carbons (Fsp3) is 0.462. The number of hydrogen-bond acceptors (Lipinski definition) is 3. The van der Waals surface area contributed by atoms with Crippen LogP contribution < -0.4 is 5.73 Å². The summed E-state index contributed by atoms with van der Waals surface area (Å²) in [5, 5.41) is 2.45. The second-order valence-electron chi connectivity index (χ2n) is 4.71. The van der Waals surface area contributed by atoms with Crippen LogP contribution in [0.5, 0.6) is 0 Å². The van der Waals surface area contributed by atoms with Gasteiger partial charge in [0.2, 0.25) is 0 Å². The Balaban J connectivity index is 1.85. The first-order valence-electron chi connectivity index (χ1n) is 5.99. The Bertz CT molecular complexity index is 460. The number of hydrogen-bond donors (Lipinski definition) is 1. The molecule has 1 aromatic carbocycles. The molecule has 3 atom stereocenters. The minimum atomic E-state index is 0.351. The number of rotatable bonds is 1. The molecule has 1 aromatic rings. The van der Waals surface area contributed by atoms with Crippen molar-refractivity contribution in [2.75, 3.05) is 0 Å². The zero-order valence-corrected chi connectivity index (χ0v) is 11.0. The van der Waals surface area contributed by atoms with Crippen LogP contribution in [0.2, 0.25) is 5.02 Å². The van der Waals surface area contributed by atoms with Gasteiger partial charge in [0.25, 0.3) is 0 Å². The van der Waals surface area contributed by atoms with Gasteiger partial charge in [0, 0.05) is 16.9 Å². The van der Waals surface area contributed by atoms with Gasteiger partial charge in [0.1, 0.15) is 0 Å². The van der Waals surface area contributed by atoms with Crippen molar-refractivity contribution in [3.8, 4) is 0 Å². The summed E-state index contributed by atoms with van der Waals surface area (Å²) in [5.74, 6) is 0. The first-order chi connectivity index (χ1) is 8.24. The Morgan fingerprint density at radius 3 is 2.94 bits per heavy atom. The molecule has 0 spiro atoms. The van der Waals surface area contributed by atoms with Crippen LogP contribution in [-0.2, 0) is 0 Å². The van der Waals surface area contributed by atoms with Crippen molar-refractivity contribution in [3.05, 3.63) is 34.9 Å². The van der Waals surface area contributed by atoms with E-state index < -0.39 is 0 Å². The predicted octanol–water partition coefficient (Wildman–Crippen LogP) is 3.08. The molecule has 3 rings (SSSR count). The molecule has 3 unspecified atom stereocenters. The molecule has 0 amide bonds. The number of aliphatic imine (C=N–C) groups is 1. The smallest absolute Gasteiger partial charge is 0.0999 e. The van der Waals surface area contributed by atoms with E-state index in [1.807, 2.05) is 36.0 Å². The molecule has 1 saturated carbocycles. The highest BCUT2D eigenvalue weighted by molar-refractivity contribution is 8.15. The zero-order chi connectivity index (χ0) is 11.8. The van der Waals surface area contributed by atoms with E-state index in [1.165, 1.54) is 0 Å². The number of thioether (sulfide) groups is 1. The standard InChI is InChI=1S/C13H15ClN2S/c14-10-4-2-1-3-9(10)13-16-11-6-5-8(15)7-12(11)17-13/h1-4,8,11-12H,5-7,15H2. The summed E-state index contributed by atoms with van der Waals surface area (Å²) in [5.41, 5.74) is 7.09. The van der Waals surface area contributed by atoms with E-state index in [2.05, 4.69) is 0 Å². The van der Waals surface area contributed by atoms with E-state index in [1.54, 1.807) is 0 Å². The normalized spacial score (nSPS) is 32.1. The van der Waals surface area contributed by atoms with Crippen LogP contribution in [0.15, 0.2) is 29.3 Å². The Labute approximate surface area is 111 Å². The lowest BCUT2D eigenvalue weighted by atomic mass is 9.92. The highest BCUT2D eigenvalue weighted by Gasteiger charge is 2.35. The van der Waals surface area contributed by atoms with Crippen LogP contribution in [0, 0.1) is 0 Å². The minimum Gasteiger partial charge on any atom is -0.328 e. The van der Waals surface area contributed by atoms with Gasteiger partial charge in [-0.3, -0.25) is 4.99 Å². The summed E-state index contributed by atoms with van der Waals surface area (Å²) in [6.45, 7) is 0. The van der Waals surface area contributed by atoms with Gasteiger partial charge in [-0.1, -0.05) is 29.8 Å². The van der Waals surface area contributed by atoms with Gasteiger partial charge < -0.3 is 5.73 Å². The number of nitrogens with zero attached hydrogens (tertiary/aromatic N) is 1. The zero-order valence-electron chi connectivity index (χ0n) is 9.47. The fourth-order valence-corrected chi connectivity index (χ4v) is 4.28. The molecule has 4 heteroatoms. The second kappa shape index (κ2) is 4.63. The van der Waals surface area contributed by atoms with Gasteiger partial charge in [-0.2, -0.15) is 0 Å². The topological polar surface area (TPSA) is 38.4 Å². The summed E-state index contributed by atoms with van der Waals surface area (Å²) in [6, 6.07) is 8.74. The quantitative estimate of drug-likeness (QED) is 0.848. The highest BCUT2D eigenvalue weighted by Crippen LogP contribution is 2.39. The first-order valence-corrected chi connectivity index (χ1v) is 7.25. The molecule has 90 valence electrons. The highest BCUT2D eigenvalue weighted by atomic mass is 35.5. The largest absolute Gasteiger partial charge is 0.328 e. The van der Waals surface area contributed by atoms with Crippen LogP contribution in [0.4, 0.5) is 0 Å². The fourth-order valence-electron chi connectivity index (χ4n) is 2.51. The SMILES string of the molecule is NC1CCC2N=C(c3ccccc3Cl)SC2C1. The second-order valence-corrected chi connectivity index (χ2v) is 6.35. The van der Waals surface area contributed by atoms with E-state index in [-0.39, 0.29) is 0 Å². The molecular formula is C13H15ClN2S. The van der Waals surface area contributed by atoms with Crippen molar-refractivity contribution in [2.24, 2.45) is 10.7 Å². The Morgan fingerprint density at radius 2 is 2.12 bits per heavy atom. The van der Waals surface area contributed by atoms with Crippen LogP contribution in [0.25, 0.3) is 0 Å². The van der Waals surface area contributed by atoms with Crippen molar-refractivity contribution in [2.45, 2.75) is 36.6 Å². The van der Waals surface area contributed by atoms with Gasteiger partial charge in [-0.05, 0) is 25.3 Å². The molecular weight excluding hydrogens is 252 g/mol. The van der Waals surface area contributed by atoms with Crippen LogP contribution in [-0.4, -0.2) is 22.4 Å². The maximum absolute atomic E-state index is 6.21. The van der Waals surface area contributed by atoms with E-state index in [4.69, 9.17) is 22.3 Å². The minimum absolute atomic E-state index is 0.351. The monoisotopic (exact) mass is 266 g/mol. The van der Waals surface area contributed by atoms with Gasteiger partial charge >= 0.3 is 0 Å². The average Bonchev–Trinajstić information content (AvgIpc) is 2.72. The van der Waals surface area contributed by atoms with E-state index in [0.29, 0.717) is 17.3 Å². The molecule has 1 heterocycles. The molecule has 1 aliphatic carbocycles.